The van der Waals surface area contributed by atoms with Crippen molar-refractivity contribution in [3.8, 4) is 5.75 Å². The predicted molar refractivity (Wildman–Crippen MR) is 105 cm³/mol. The number of imidazole rings is 1. The number of para-hydroxylation sites is 2. The van der Waals surface area contributed by atoms with E-state index in [4.69, 9.17) is 4.74 Å². The third-order valence-corrected chi connectivity index (χ3v) is 4.88. The van der Waals surface area contributed by atoms with Crippen LogP contribution in [-0.4, -0.2) is 49.5 Å². The largest absolute Gasteiger partial charge is 0.495 e. The number of hydrazine groups is 1. The third-order valence-electron chi connectivity index (χ3n) is 3.92. The van der Waals surface area contributed by atoms with Crippen molar-refractivity contribution in [2.75, 3.05) is 25.2 Å². The van der Waals surface area contributed by atoms with E-state index in [9.17, 15) is 18.0 Å². The first-order valence-corrected chi connectivity index (χ1v) is 10.3. The summed E-state index contributed by atoms with van der Waals surface area (Å²) in [5, 5.41) is 2.63. The van der Waals surface area contributed by atoms with Crippen LogP contribution in [0.3, 0.4) is 0 Å². The summed E-state index contributed by atoms with van der Waals surface area (Å²) in [4.78, 5) is 28.4. The number of anilines is 1. The van der Waals surface area contributed by atoms with E-state index in [-0.39, 0.29) is 17.4 Å². The summed E-state index contributed by atoms with van der Waals surface area (Å²) < 4.78 is 30.3. The van der Waals surface area contributed by atoms with Crippen LogP contribution in [0.25, 0.3) is 5.52 Å². The number of carbonyl (C=O) groups excluding carboxylic acids is 2. The minimum atomic E-state index is -3.66. The van der Waals surface area contributed by atoms with E-state index in [1.807, 2.05) is 0 Å². The number of fused-ring (bicyclic) bond motifs is 1. The normalized spacial score (nSPS) is 11.1. The van der Waals surface area contributed by atoms with Crippen molar-refractivity contribution in [1.82, 2.24) is 20.2 Å². The fourth-order valence-corrected chi connectivity index (χ4v) is 3.41. The van der Waals surface area contributed by atoms with Gasteiger partial charge in [0.1, 0.15) is 5.75 Å². The maximum atomic E-state index is 12.4. The van der Waals surface area contributed by atoms with E-state index >= 15 is 0 Å². The molecule has 2 heterocycles. The molecule has 0 fully saturated rings. The van der Waals surface area contributed by atoms with Gasteiger partial charge < -0.3 is 10.1 Å². The standard InChI is InChI=1S/C18H19N5O5S/c1-28-14-9-4-3-7-12(14)19-11-15(24)21-22-17(25)16-13-8-5-6-10-23(13)18(20-16)29(2,26)27/h3-10,19H,11H2,1-2H3,(H,21,24)(H,22,25). The fraction of sp³-hybridized carbons (Fsp3) is 0.167. The lowest BCUT2D eigenvalue weighted by Gasteiger charge is -2.11. The van der Waals surface area contributed by atoms with E-state index in [0.717, 1.165) is 6.26 Å². The van der Waals surface area contributed by atoms with Crippen molar-refractivity contribution < 1.29 is 22.7 Å². The Balaban J connectivity index is 1.67. The minimum absolute atomic E-state index is 0.121. The van der Waals surface area contributed by atoms with Gasteiger partial charge in [0, 0.05) is 12.5 Å². The lowest BCUT2D eigenvalue weighted by molar-refractivity contribution is -0.120. The summed E-state index contributed by atoms with van der Waals surface area (Å²) in [5.74, 6) is -0.688. The van der Waals surface area contributed by atoms with Gasteiger partial charge in [-0.15, -0.1) is 0 Å². The van der Waals surface area contributed by atoms with Gasteiger partial charge >= 0.3 is 0 Å². The van der Waals surface area contributed by atoms with Crippen LogP contribution < -0.4 is 20.9 Å². The molecule has 0 aliphatic heterocycles. The van der Waals surface area contributed by atoms with Crippen LogP contribution in [0.1, 0.15) is 10.5 Å². The molecule has 152 valence electrons. The molecule has 0 atom stereocenters. The molecule has 3 rings (SSSR count). The van der Waals surface area contributed by atoms with Gasteiger partial charge in [0.25, 0.3) is 11.8 Å². The first kappa shape index (κ1) is 20.1. The van der Waals surface area contributed by atoms with Gasteiger partial charge in [-0.2, -0.15) is 0 Å². The maximum Gasteiger partial charge on any atom is 0.290 e. The number of aromatic nitrogens is 2. The highest BCUT2D eigenvalue weighted by molar-refractivity contribution is 7.90. The second-order valence-electron chi connectivity index (χ2n) is 6.03. The summed E-state index contributed by atoms with van der Waals surface area (Å²) in [6.45, 7) is -0.126. The zero-order chi connectivity index (χ0) is 21.0. The number of nitrogens with one attached hydrogen (secondary N) is 3. The number of benzene rings is 1. The number of ether oxygens (including phenoxy) is 1. The Morgan fingerprint density at radius 1 is 1.10 bits per heavy atom. The average molecular weight is 417 g/mol. The van der Waals surface area contributed by atoms with Gasteiger partial charge in [-0.3, -0.25) is 24.8 Å². The Hall–Kier alpha value is -3.60. The van der Waals surface area contributed by atoms with Gasteiger partial charge in [-0.05, 0) is 24.3 Å². The molecule has 0 saturated heterocycles. The highest BCUT2D eigenvalue weighted by Gasteiger charge is 2.22. The molecule has 0 aliphatic rings. The Morgan fingerprint density at radius 3 is 2.55 bits per heavy atom. The number of rotatable bonds is 6. The maximum absolute atomic E-state index is 12.4. The minimum Gasteiger partial charge on any atom is -0.495 e. The molecule has 0 bridgehead atoms. The number of methoxy groups -OCH3 is 1. The van der Waals surface area contributed by atoms with Crippen LogP contribution in [0.5, 0.6) is 5.75 Å². The average Bonchev–Trinajstić information content (AvgIpc) is 3.11. The summed E-state index contributed by atoms with van der Waals surface area (Å²) in [7, 11) is -2.14. The smallest absolute Gasteiger partial charge is 0.290 e. The molecule has 2 amide bonds. The van der Waals surface area contributed by atoms with Gasteiger partial charge in [0.2, 0.25) is 15.0 Å². The van der Waals surface area contributed by atoms with Crippen molar-refractivity contribution in [3.63, 3.8) is 0 Å². The Morgan fingerprint density at radius 2 is 1.83 bits per heavy atom. The number of hydrogen-bond acceptors (Lipinski definition) is 7. The Kier molecular flexibility index (Phi) is 5.69. The lowest BCUT2D eigenvalue weighted by atomic mass is 10.3. The Bertz CT molecular complexity index is 1170. The lowest BCUT2D eigenvalue weighted by Crippen LogP contribution is -2.44. The monoisotopic (exact) mass is 417 g/mol. The SMILES string of the molecule is COc1ccccc1NCC(=O)NNC(=O)c1nc(S(C)(=O)=O)n2ccccc12. The van der Waals surface area contributed by atoms with Gasteiger partial charge in [0.15, 0.2) is 5.69 Å². The van der Waals surface area contributed by atoms with Crippen LogP contribution in [-0.2, 0) is 14.6 Å². The quantitative estimate of drug-likeness (QED) is 0.501. The zero-order valence-electron chi connectivity index (χ0n) is 15.7. The highest BCUT2D eigenvalue weighted by Crippen LogP contribution is 2.22. The van der Waals surface area contributed by atoms with E-state index in [1.165, 1.54) is 17.7 Å². The van der Waals surface area contributed by atoms with Crippen molar-refractivity contribution >= 4 is 32.9 Å². The number of amides is 2. The van der Waals surface area contributed by atoms with Crippen LogP contribution in [0.2, 0.25) is 0 Å². The van der Waals surface area contributed by atoms with E-state index < -0.39 is 21.7 Å². The highest BCUT2D eigenvalue weighted by atomic mass is 32.2. The number of nitrogens with zero attached hydrogens (tertiary/aromatic N) is 2. The molecular formula is C18H19N5O5S. The van der Waals surface area contributed by atoms with Crippen molar-refractivity contribution in [2.24, 2.45) is 0 Å². The van der Waals surface area contributed by atoms with E-state index in [1.54, 1.807) is 42.5 Å². The molecule has 0 radical (unpaired) electrons. The number of carbonyl (C=O) groups is 2. The van der Waals surface area contributed by atoms with Crippen LogP contribution in [0.4, 0.5) is 5.69 Å². The molecule has 29 heavy (non-hydrogen) atoms. The fourth-order valence-electron chi connectivity index (χ4n) is 2.63. The van der Waals surface area contributed by atoms with Gasteiger partial charge in [-0.1, -0.05) is 18.2 Å². The Labute approximate surface area is 166 Å². The molecule has 2 aromatic heterocycles. The topological polar surface area (TPSA) is 131 Å². The molecule has 10 nitrogen and oxygen atoms in total. The van der Waals surface area contributed by atoms with E-state index in [0.29, 0.717) is 17.0 Å². The van der Waals surface area contributed by atoms with Crippen LogP contribution >= 0.6 is 0 Å². The van der Waals surface area contributed by atoms with Crippen LogP contribution in [0, 0.1) is 0 Å². The molecule has 0 aliphatic carbocycles. The van der Waals surface area contributed by atoms with Gasteiger partial charge in [0.05, 0.1) is 24.9 Å². The molecule has 1 aromatic carbocycles. The second kappa shape index (κ2) is 8.19. The third kappa shape index (κ3) is 4.46. The molecular weight excluding hydrogens is 398 g/mol. The molecule has 11 heteroatoms. The molecule has 3 N–H and O–H groups in total. The van der Waals surface area contributed by atoms with Crippen molar-refractivity contribution in [2.45, 2.75) is 5.16 Å². The summed E-state index contributed by atoms with van der Waals surface area (Å²) in [5.41, 5.74) is 5.30. The molecule has 0 saturated carbocycles. The van der Waals surface area contributed by atoms with E-state index in [2.05, 4.69) is 21.2 Å². The summed E-state index contributed by atoms with van der Waals surface area (Å²) >= 11 is 0. The van der Waals surface area contributed by atoms with Crippen molar-refractivity contribution in [1.29, 1.82) is 0 Å². The van der Waals surface area contributed by atoms with Crippen LogP contribution in [0.15, 0.2) is 53.8 Å². The first-order chi connectivity index (χ1) is 13.8. The summed E-state index contributed by atoms with van der Waals surface area (Å²) in [6.07, 6.45) is 2.49. The van der Waals surface area contributed by atoms with Crippen molar-refractivity contribution in [3.05, 3.63) is 54.4 Å². The molecule has 3 aromatic rings. The summed E-state index contributed by atoms with van der Waals surface area (Å²) in [6, 6.07) is 11.9. The zero-order valence-corrected chi connectivity index (χ0v) is 16.5. The number of sulfone groups is 1. The number of pyridine rings is 1. The second-order valence-corrected chi connectivity index (χ2v) is 7.94. The molecule has 0 unspecified atom stereocenters. The van der Waals surface area contributed by atoms with Gasteiger partial charge in [-0.25, -0.2) is 13.4 Å². The first-order valence-electron chi connectivity index (χ1n) is 8.44. The predicted octanol–water partition coefficient (Wildman–Crippen LogP) is 0.620. The number of hydrogen-bond donors (Lipinski definition) is 3. The molecule has 0 spiro atoms.